The molecule has 7 heteroatoms. The van der Waals surface area contributed by atoms with Gasteiger partial charge in [-0.15, -0.1) is 11.8 Å². The Kier molecular flexibility index (Phi) is 8.00. The molecular formula is C20H24N2O4S. The Morgan fingerprint density at radius 1 is 1.00 bits per heavy atom. The summed E-state index contributed by atoms with van der Waals surface area (Å²) < 4.78 is 10.7. The van der Waals surface area contributed by atoms with Gasteiger partial charge in [0.2, 0.25) is 11.8 Å². The summed E-state index contributed by atoms with van der Waals surface area (Å²) in [4.78, 5) is 24.6. The Hall–Kier alpha value is -2.67. The number of para-hydroxylation sites is 4. The largest absolute Gasteiger partial charge is 0.495 e. The molecule has 2 N–H and O–H groups in total. The van der Waals surface area contributed by atoms with Crippen molar-refractivity contribution in [3.05, 3.63) is 48.5 Å². The van der Waals surface area contributed by atoms with Crippen molar-refractivity contribution in [2.75, 3.05) is 30.1 Å². The van der Waals surface area contributed by atoms with Crippen molar-refractivity contribution in [1.29, 1.82) is 0 Å². The molecule has 0 aliphatic carbocycles. The predicted octanol–water partition coefficient (Wildman–Crippen LogP) is 3.79. The molecule has 0 aromatic heterocycles. The van der Waals surface area contributed by atoms with Crippen LogP contribution in [-0.2, 0) is 9.59 Å². The van der Waals surface area contributed by atoms with Crippen molar-refractivity contribution >= 4 is 35.0 Å². The smallest absolute Gasteiger partial charge is 0.237 e. The average Bonchev–Trinajstić information content (AvgIpc) is 2.68. The fraction of sp³-hybridized carbons (Fsp3) is 0.300. The third-order valence-electron chi connectivity index (χ3n) is 3.66. The molecule has 0 radical (unpaired) electrons. The summed E-state index contributed by atoms with van der Waals surface area (Å²) in [6.07, 6.45) is 0. The molecule has 0 spiro atoms. The van der Waals surface area contributed by atoms with Crippen LogP contribution in [0, 0.1) is 0 Å². The Bertz CT molecular complexity index is 782. The maximum absolute atomic E-state index is 12.4. The monoisotopic (exact) mass is 388 g/mol. The van der Waals surface area contributed by atoms with Gasteiger partial charge >= 0.3 is 0 Å². The van der Waals surface area contributed by atoms with Crippen molar-refractivity contribution < 1.29 is 19.1 Å². The maximum atomic E-state index is 12.4. The Morgan fingerprint density at radius 3 is 2.22 bits per heavy atom. The summed E-state index contributed by atoms with van der Waals surface area (Å²) in [6, 6.07) is 14.5. The number of amides is 2. The molecule has 6 nitrogen and oxygen atoms in total. The number of anilines is 2. The van der Waals surface area contributed by atoms with E-state index in [-0.39, 0.29) is 17.6 Å². The normalized spacial score (nSPS) is 11.4. The van der Waals surface area contributed by atoms with E-state index in [9.17, 15) is 9.59 Å². The third-order valence-corrected chi connectivity index (χ3v) is 4.80. The van der Waals surface area contributed by atoms with Gasteiger partial charge in [0.25, 0.3) is 0 Å². The molecule has 0 bridgehead atoms. The van der Waals surface area contributed by atoms with Gasteiger partial charge in [-0.25, -0.2) is 0 Å². The van der Waals surface area contributed by atoms with Crippen LogP contribution in [0.1, 0.15) is 13.8 Å². The Labute approximate surface area is 163 Å². The molecule has 0 fully saturated rings. The zero-order chi connectivity index (χ0) is 19.6. The number of hydrogen-bond acceptors (Lipinski definition) is 5. The zero-order valence-electron chi connectivity index (χ0n) is 15.7. The van der Waals surface area contributed by atoms with E-state index >= 15 is 0 Å². The van der Waals surface area contributed by atoms with Crippen LogP contribution in [0.5, 0.6) is 11.5 Å². The number of carbonyl (C=O) groups excluding carboxylic acids is 2. The van der Waals surface area contributed by atoms with E-state index in [0.29, 0.717) is 29.5 Å². The minimum Gasteiger partial charge on any atom is -0.495 e. The van der Waals surface area contributed by atoms with Crippen LogP contribution in [0.2, 0.25) is 0 Å². The number of ether oxygens (including phenoxy) is 2. The first kappa shape index (κ1) is 20.6. The van der Waals surface area contributed by atoms with Crippen LogP contribution >= 0.6 is 11.8 Å². The molecule has 2 amide bonds. The number of hydrogen-bond donors (Lipinski definition) is 2. The molecule has 144 valence electrons. The number of thioether (sulfide) groups is 1. The van der Waals surface area contributed by atoms with Gasteiger partial charge in [-0.2, -0.15) is 0 Å². The Morgan fingerprint density at radius 2 is 1.59 bits per heavy atom. The van der Waals surface area contributed by atoms with E-state index < -0.39 is 5.25 Å². The fourth-order valence-electron chi connectivity index (χ4n) is 2.30. The molecule has 0 aliphatic heterocycles. The minimum atomic E-state index is -0.400. The van der Waals surface area contributed by atoms with Gasteiger partial charge in [0.05, 0.1) is 36.1 Å². The lowest BCUT2D eigenvalue weighted by atomic mass is 10.3. The lowest BCUT2D eigenvalue weighted by Crippen LogP contribution is -2.25. The van der Waals surface area contributed by atoms with Gasteiger partial charge < -0.3 is 20.1 Å². The summed E-state index contributed by atoms with van der Waals surface area (Å²) in [5, 5.41) is 5.24. The van der Waals surface area contributed by atoms with Gasteiger partial charge in [-0.1, -0.05) is 24.3 Å². The van der Waals surface area contributed by atoms with Crippen molar-refractivity contribution in [2.24, 2.45) is 0 Å². The quantitative estimate of drug-likeness (QED) is 0.683. The number of carbonyl (C=O) groups is 2. The second-order valence-electron chi connectivity index (χ2n) is 5.62. The van der Waals surface area contributed by atoms with Crippen molar-refractivity contribution in [3.63, 3.8) is 0 Å². The third kappa shape index (κ3) is 6.21. The standard InChI is InChI=1S/C20H24N2O4S/c1-4-26-18-12-8-6-10-16(18)21-19(23)13-27-14(2)20(24)22-15-9-5-7-11-17(15)25-3/h5-12,14H,4,13H2,1-3H3,(H,21,23)(H,22,24). The zero-order valence-corrected chi connectivity index (χ0v) is 16.5. The second-order valence-corrected chi connectivity index (χ2v) is 6.95. The summed E-state index contributed by atoms with van der Waals surface area (Å²) in [5.74, 6) is 0.991. The van der Waals surface area contributed by atoms with E-state index in [1.165, 1.54) is 11.8 Å². The van der Waals surface area contributed by atoms with Crippen LogP contribution in [0.3, 0.4) is 0 Å². The summed E-state index contributed by atoms with van der Waals surface area (Å²) >= 11 is 1.26. The average molecular weight is 388 g/mol. The summed E-state index contributed by atoms with van der Waals surface area (Å²) in [7, 11) is 1.55. The predicted molar refractivity (Wildman–Crippen MR) is 110 cm³/mol. The van der Waals surface area contributed by atoms with E-state index in [1.54, 1.807) is 38.3 Å². The molecule has 0 heterocycles. The van der Waals surface area contributed by atoms with Crippen LogP contribution in [0.25, 0.3) is 0 Å². The highest BCUT2D eigenvalue weighted by atomic mass is 32.2. The topological polar surface area (TPSA) is 76.7 Å². The number of rotatable bonds is 9. The lowest BCUT2D eigenvalue weighted by molar-refractivity contribution is -0.115. The molecule has 2 aromatic carbocycles. The van der Waals surface area contributed by atoms with E-state index in [0.717, 1.165) is 0 Å². The molecule has 2 rings (SSSR count). The first-order valence-corrected chi connectivity index (χ1v) is 9.67. The maximum Gasteiger partial charge on any atom is 0.237 e. The highest BCUT2D eigenvalue weighted by Crippen LogP contribution is 2.25. The second kappa shape index (κ2) is 10.5. The first-order chi connectivity index (χ1) is 13.0. The van der Waals surface area contributed by atoms with Crippen molar-refractivity contribution in [1.82, 2.24) is 0 Å². The van der Waals surface area contributed by atoms with Crippen LogP contribution in [-0.4, -0.2) is 36.5 Å². The molecule has 0 saturated carbocycles. The van der Waals surface area contributed by atoms with Gasteiger partial charge in [-0.3, -0.25) is 9.59 Å². The van der Waals surface area contributed by atoms with Gasteiger partial charge in [0, 0.05) is 0 Å². The van der Waals surface area contributed by atoms with E-state index in [2.05, 4.69) is 10.6 Å². The summed E-state index contributed by atoms with van der Waals surface area (Å²) in [5.41, 5.74) is 1.23. The van der Waals surface area contributed by atoms with Crippen LogP contribution < -0.4 is 20.1 Å². The van der Waals surface area contributed by atoms with Gasteiger partial charge in [-0.05, 0) is 38.1 Å². The molecule has 0 aliphatic rings. The minimum absolute atomic E-state index is 0.154. The van der Waals surface area contributed by atoms with Crippen molar-refractivity contribution in [3.8, 4) is 11.5 Å². The fourth-order valence-corrected chi connectivity index (χ4v) is 2.98. The molecular weight excluding hydrogens is 364 g/mol. The summed E-state index contributed by atoms with van der Waals surface area (Å²) in [6.45, 7) is 4.16. The number of methoxy groups -OCH3 is 1. The molecule has 1 unspecified atom stereocenters. The highest BCUT2D eigenvalue weighted by Gasteiger charge is 2.17. The van der Waals surface area contributed by atoms with E-state index in [4.69, 9.17) is 9.47 Å². The SMILES string of the molecule is CCOc1ccccc1NC(=O)CSC(C)C(=O)Nc1ccccc1OC. The van der Waals surface area contributed by atoms with Crippen molar-refractivity contribution in [2.45, 2.75) is 19.1 Å². The molecule has 27 heavy (non-hydrogen) atoms. The first-order valence-electron chi connectivity index (χ1n) is 8.62. The van der Waals surface area contributed by atoms with Crippen LogP contribution in [0.15, 0.2) is 48.5 Å². The lowest BCUT2D eigenvalue weighted by Gasteiger charge is -2.14. The van der Waals surface area contributed by atoms with Gasteiger partial charge in [0.15, 0.2) is 0 Å². The number of nitrogens with one attached hydrogen (secondary N) is 2. The number of benzene rings is 2. The van der Waals surface area contributed by atoms with Gasteiger partial charge in [0.1, 0.15) is 11.5 Å². The van der Waals surface area contributed by atoms with Crippen LogP contribution in [0.4, 0.5) is 11.4 Å². The van der Waals surface area contributed by atoms with E-state index in [1.807, 2.05) is 31.2 Å². The molecule has 2 aromatic rings. The molecule has 1 atom stereocenters. The Balaban J connectivity index is 1.86. The highest BCUT2D eigenvalue weighted by molar-refractivity contribution is 8.01. The molecule has 0 saturated heterocycles.